The highest BCUT2D eigenvalue weighted by atomic mass is 15.2. The van der Waals surface area contributed by atoms with Crippen LogP contribution in [0.5, 0.6) is 0 Å². The van der Waals surface area contributed by atoms with E-state index >= 15 is 0 Å². The number of hydrogen-bond acceptors (Lipinski definition) is 5. The van der Waals surface area contributed by atoms with Gasteiger partial charge < -0.3 is 16.0 Å². The number of nitrogens with zero attached hydrogens (tertiary/aromatic N) is 3. The van der Waals surface area contributed by atoms with Crippen molar-refractivity contribution in [2.24, 2.45) is 5.73 Å². The van der Waals surface area contributed by atoms with Gasteiger partial charge in [-0.3, -0.25) is 0 Å². The summed E-state index contributed by atoms with van der Waals surface area (Å²) < 4.78 is 0. The standard InChI is InChI=1S/C14H27N5/c1-5-6-7-8-16-12-9-13(18-11-17-12)19(4)10-14(2,3)15/h9,11H,5-8,10,15H2,1-4H3,(H,16,17,18). The summed E-state index contributed by atoms with van der Waals surface area (Å²) in [5, 5.41) is 3.33. The van der Waals surface area contributed by atoms with Crippen LogP contribution in [0.15, 0.2) is 12.4 Å². The quantitative estimate of drug-likeness (QED) is 0.706. The highest BCUT2D eigenvalue weighted by Crippen LogP contribution is 2.14. The van der Waals surface area contributed by atoms with Crippen LogP contribution in [0.25, 0.3) is 0 Å². The molecule has 0 spiro atoms. The van der Waals surface area contributed by atoms with Gasteiger partial charge in [0.2, 0.25) is 0 Å². The van der Waals surface area contributed by atoms with E-state index in [9.17, 15) is 0 Å². The molecule has 1 aromatic rings. The summed E-state index contributed by atoms with van der Waals surface area (Å²) in [6.45, 7) is 7.92. The number of nitrogens with one attached hydrogen (secondary N) is 1. The van der Waals surface area contributed by atoms with Crippen LogP contribution in [-0.4, -0.2) is 35.6 Å². The molecule has 0 fully saturated rings. The molecule has 3 N–H and O–H groups in total. The van der Waals surface area contributed by atoms with E-state index in [1.54, 1.807) is 6.33 Å². The first kappa shape index (κ1) is 15.7. The molecule has 1 heterocycles. The van der Waals surface area contributed by atoms with Gasteiger partial charge in [-0.2, -0.15) is 0 Å². The second kappa shape index (κ2) is 7.28. The Morgan fingerprint density at radius 1 is 1.32 bits per heavy atom. The second-order valence-corrected chi connectivity index (χ2v) is 5.74. The summed E-state index contributed by atoms with van der Waals surface area (Å²) in [5.74, 6) is 1.77. The highest BCUT2D eigenvalue weighted by molar-refractivity contribution is 5.48. The molecule has 5 nitrogen and oxygen atoms in total. The van der Waals surface area contributed by atoms with Gasteiger partial charge in [0.25, 0.3) is 0 Å². The third kappa shape index (κ3) is 6.38. The van der Waals surface area contributed by atoms with E-state index in [1.807, 2.05) is 27.0 Å². The first-order chi connectivity index (χ1) is 8.92. The van der Waals surface area contributed by atoms with Crippen molar-refractivity contribution < 1.29 is 0 Å². The van der Waals surface area contributed by atoms with E-state index in [-0.39, 0.29) is 5.54 Å². The SMILES string of the molecule is CCCCCNc1cc(N(C)CC(C)(C)N)ncn1. The zero-order valence-corrected chi connectivity index (χ0v) is 12.6. The Morgan fingerprint density at radius 3 is 2.68 bits per heavy atom. The maximum Gasteiger partial charge on any atom is 0.133 e. The zero-order chi connectivity index (χ0) is 14.3. The fourth-order valence-electron chi connectivity index (χ4n) is 1.94. The Hall–Kier alpha value is -1.36. The third-order valence-corrected chi connectivity index (χ3v) is 2.77. The smallest absolute Gasteiger partial charge is 0.133 e. The van der Waals surface area contributed by atoms with Crippen molar-refractivity contribution in [1.29, 1.82) is 0 Å². The van der Waals surface area contributed by atoms with Crippen LogP contribution in [0.3, 0.4) is 0 Å². The van der Waals surface area contributed by atoms with Gasteiger partial charge in [0.15, 0.2) is 0 Å². The van der Waals surface area contributed by atoms with E-state index in [0.29, 0.717) is 0 Å². The zero-order valence-electron chi connectivity index (χ0n) is 12.6. The summed E-state index contributed by atoms with van der Waals surface area (Å²) in [6.07, 6.45) is 5.23. The molecule has 0 aliphatic heterocycles. The molecule has 108 valence electrons. The summed E-state index contributed by atoms with van der Waals surface area (Å²) in [4.78, 5) is 10.6. The van der Waals surface area contributed by atoms with E-state index in [2.05, 4.69) is 27.1 Å². The highest BCUT2D eigenvalue weighted by Gasteiger charge is 2.15. The van der Waals surface area contributed by atoms with Crippen molar-refractivity contribution in [2.75, 3.05) is 30.4 Å². The van der Waals surface area contributed by atoms with E-state index in [1.165, 1.54) is 19.3 Å². The van der Waals surface area contributed by atoms with Gasteiger partial charge in [-0.05, 0) is 20.3 Å². The largest absolute Gasteiger partial charge is 0.370 e. The lowest BCUT2D eigenvalue weighted by atomic mass is 10.1. The van der Waals surface area contributed by atoms with E-state index in [0.717, 1.165) is 24.7 Å². The first-order valence-electron chi connectivity index (χ1n) is 6.98. The lowest BCUT2D eigenvalue weighted by molar-refractivity contribution is 0.517. The minimum atomic E-state index is -0.242. The van der Waals surface area contributed by atoms with Gasteiger partial charge in [-0.15, -0.1) is 0 Å². The van der Waals surface area contributed by atoms with Crippen molar-refractivity contribution >= 4 is 11.6 Å². The van der Waals surface area contributed by atoms with E-state index < -0.39 is 0 Å². The van der Waals surface area contributed by atoms with Gasteiger partial charge in [-0.1, -0.05) is 19.8 Å². The van der Waals surface area contributed by atoms with Crippen molar-refractivity contribution in [3.8, 4) is 0 Å². The molecule has 0 atom stereocenters. The average Bonchev–Trinajstić information content (AvgIpc) is 2.33. The number of anilines is 2. The van der Waals surface area contributed by atoms with Crippen LogP contribution in [0.1, 0.15) is 40.0 Å². The second-order valence-electron chi connectivity index (χ2n) is 5.74. The number of unbranched alkanes of at least 4 members (excludes halogenated alkanes) is 2. The van der Waals surface area contributed by atoms with Gasteiger partial charge >= 0.3 is 0 Å². The lowest BCUT2D eigenvalue weighted by Gasteiger charge is -2.27. The fourth-order valence-corrected chi connectivity index (χ4v) is 1.94. The molecule has 0 bridgehead atoms. The summed E-state index contributed by atoms with van der Waals surface area (Å²) in [5.41, 5.74) is 5.78. The maximum absolute atomic E-state index is 6.02. The predicted molar refractivity (Wildman–Crippen MR) is 81.6 cm³/mol. The maximum atomic E-state index is 6.02. The number of nitrogens with two attached hydrogens (primary N) is 1. The minimum absolute atomic E-state index is 0.242. The molecule has 0 aromatic carbocycles. The Morgan fingerprint density at radius 2 is 2.05 bits per heavy atom. The molecule has 19 heavy (non-hydrogen) atoms. The molecule has 1 rings (SSSR count). The minimum Gasteiger partial charge on any atom is -0.370 e. The molecule has 0 radical (unpaired) electrons. The van der Waals surface area contributed by atoms with Crippen LogP contribution >= 0.6 is 0 Å². The molecular weight excluding hydrogens is 238 g/mol. The Balaban J connectivity index is 2.56. The van der Waals surface area contributed by atoms with Crippen LogP contribution in [-0.2, 0) is 0 Å². The van der Waals surface area contributed by atoms with Crippen LogP contribution < -0.4 is 16.0 Å². The van der Waals surface area contributed by atoms with E-state index in [4.69, 9.17) is 5.73 Å². The fraction of sp³-hybridized carbons (Fsp3) is 0.714. The summed E-state index contributed by atoms with van der Waals surface area (Å²) >= 11 is 0. The van der Waals surface area contributed by atoms with Gasteiger partial charge in [0, 0.05) is 31.7 Å². The van der Waals surface area contributed by atoms with Gasteiger partial charge in [0.05, 0.1) is 0 Å². The van der Waals surface area contributed by atoms with Crippen molar-refractivity contribution in [2.45, 2.75) is 45.6 Å². The monoisotopic (exact) mass is 265 g/mol. The number of rotatable bonds is 8. The van der Waals surface area contributed by atoms with Crippen molar-refractivity contribution in [3.63, 3.8) is 0 Å². The number of aromatic nitrogens is 2. The average molecular weight is 265 g/mol. The summed E-state index contributed by atoms with van der Waals surface area (Å²) in [6, 6.07) is 1.97. The molecular formula is C14H27N5. The Kier molecular flexibility index (Phi) is 6.02. The predicted octanol–water partition coefficient (Wildman–Crippen LogP) is 2.25. The topological polar surface area (TPSA) is 67.1 Å². The summed E-state index contributed by atoms with van der Waals surface area (Å²) in [7, 11) is 2.00. The first-order valence-corrected chi connectivity index (χ1v) is 6.98. The van der Waals surface area contributed by atoms with Gasteiger partial charge in [-0.25, -0.2) is 9.97 Å². The lowest BCUT2D eigenvalue weighted by Crippen LogP contribution is -2.44. The van der Waals surface area contributed by atoms with Gasteiger partial charge in [0.1, 0.15) is 18.0 Å². The molecule has 0 saturated carbocycles. The molecule has 1 aromatic heterocycles. The molecule has 0 saturated heterocycles. The Labute approximate surface area is 116 Å². The molecule has 0 amide bonds. The molecule has 0 aliphatic carbocycles. The normalized spacial score (nSPS) is 11.4. The Bertz CT molecular complexity index is 372. The third-order valence-electron chi connectivity index (χ3n) is 2.77. The van der Waals surface area contributed by atoms with Crippen LogP contribution in [0, 0.1) is 0 Å². The van der Waals surface area contributed by atoms with Crippen LogP contribution in [0.2, 0.25) is 0 Å². The number of hydrogen-bond donors (Lipinski definition) is 2. The molecule has 0 aliphatic rings. The van der Waals surface area contributed by atoms with Crippen molar-refractivity contribution in [1.82, 2.24) is 9.97 Å². The van der Waals surface area contributed by atoms with Crippen LogP contribution in [0.4, 0.5) is 11.6 Å². The van der Waals surface area contributed by atoms with Crippen molar-refractivity contribution in [3.05, 3.63) is 12.4 Å². The molecule has 5 heteroatoms. The number of likely N-dealkylation sites (N-methyl/N-ethyl adjacent to an activating group) is 1. The molecule has 0 unspecified atom stereocenters.